The summed E-state index contributed by atoms with van der Waals surface area (Å²) in [5.41, 5.74) is 1.39. The maximum atomic E-state index is 10.8. The summed E-state index contributed by atoms with van der Waals surface area (Å²) in [6, 6.07) is 8.74. The van der Waals surface area contributed by atoms with Crippen LogP contribution in [-0.4, -0.2) is 16.2 Å². The molecule has 2 rings (SSSR count). The van der Waals surface area contributed by atoms with Crippen molar-refractivity contribution in [2.45, 2.75) is 20.0 Å². The van der Waals surface area contributed by atoms with Crippen LogP contribution in [0.15, 0.2) is 34.7 Å². The number of carboxylic acids is 1. The molecular weight excluding hydrogens is 246 g/mol. The van der Waals surface area contributed by atoms with Crippen molar-refractivity contribution in [3.05, 3.63) is 53.0 Å². The van der Waals surface area contributed by atoms with Crippen LogP contribution >= 0.6 is 0 Å². The van der Waals surface area contributed by atoms with Crippen molar-refractivity contribution in [3.63, 3.8) is 0 Å². The molecule has 1 aromatic carbocycles. The third-order valence-corrected chi connectivity index (χ3v) is 2.77. The smallest absolute Gasteiger partial charge is 0.372 e. The summed E-state index contributed by atoms with van der Waals surface area (Å²) in [5, 5.41) is 21.6. The lowest BCUT2D eigenvalue weighted by Gasteiger charge is -2.04. The molecule has 0 spiro atoms. The third-order valence-electron chi connectivity index (χ3n) is 2.77. The van der Waals surface area contributed by atoms with Crippen molar-refractivity contribution >= 4 is 5.97 Å². The van der Waals surface area contributed by atoms with Gasteiger partial charge in [-0.1, -0.05) is 18.2 Å². The van der Waals surface area contributed by atoms with E-state index >= 15 is 0 Å². The topological polar surface area (TPSA) is 82.7 Å². The van der Waals surface area contributed by atoms with Gasteiger partial charge in [0, 0.05) is 17.7 Å². The van der Waals surface area contributed by atoms with E-state index in [0.29, 0.717) is 24.4 Å². The monoisotopic (exact) mass is 261 g/mol. The number of para-hydroxylation sites is 1. The molecule has 3 N–H and O–H groups in total. The summed E-state index contributed by atoms with van der Waals surface area (Å²) in [5.74, 6) is -0.300. The van der Waals surface area contributed by atoms with Gasteiger partial charge in [0.25, 0.3) is 0 Å². The third kappa shape index (κ3) is 3.14. The van der Waals surface area contributed by atoms with E-state index in [4.69, 9.17) is 9.52 Å². The number of benzene rings is 1. The number of rotatable bonds is 5. The predicted octanol–water partition coefficient (Wildman–Crippen LogP) is 2.28. The molecule has 0 amide bonds. The van der Waals surface area contributed by atoms with Crippen molar-refractivity contribution in [2.75, 3.05) is 0 Å². The van der Waals surface area contributed by atoms with E-state index in [0.717, 1.165) is 5.56 Å². The van der Waals surface area contributed by atoms with Crippen molar-refractivity contribution < 1.29 is 19.4 Å². The molecule has 0 aliphatic carbocycles. The largest absolute Gasteiger partial charge is 0.508 e. The minimum atomic E-state index is -1.07. The predicted molar refractivity (Wildman–Crippen MR) is 69.1 cm³/mol. The Labute approximate surface area is 110 Å². The van der Waals surface area contributed by atoms with Crippen LogP contribution < -0.4 is 5.32 Å². The zero-order valence-electron chi connectivity index (χ0n) is 10.5. The molecule has 0 radical (unpaired) electrons. The summed E-state index contributed by atoms with van der Waals surface area (Å²) < 4.78 is 5.22. The van der Waals surface area contributed by atoms with Crippen LogP contribution in [-0.2, 0) is 13.1 Å². The number of phenols is 1. The fourth-order valence-electron chi connectivity index (χ4n) is 1.83. The lowest BCUT2D eigenvalue weighted by Crippen LogP contribution is -2.12. The molecule has 5 nitrogen and oxygen atoms in total. The molecule has 1 heterocycles. The number of carboxylic acid groups (broad SMARTS) is 1. The van der Waals surface area contributed by atoms with Crippen LogP contribution in [0, 0.1) is 6.92 Å². The lowest BCUT2D eigenvalue weighted by atomic mass is 10.2. The molecule has 0 fully saturated rings. The molecular formula is C14H15NO4. The van der Waals surface area contributed by atoms with E-state index in [-0.39, 0.29) is 11.5 Å². The highest BCUT2D eigenvalue weighted by molar-refractivity contribution is 5.86. The number of hydrogen-bond donors (Lipinski definition) is 3. The van der Waals surface area contributed by atoms with Gasteiger partial charge < -0.3 is 19.9 Å². The molecule has 0 aliphatic rings. The van der Waals surface area contributed by atoms with Crippen molar-refractivity contribution in [2.24, 2.45) is 0 Å². The number of aromatic hydroxyl groups is 1. The molecule has 0 aliphatic heterocycles. The highest BCUT2D eigenvalue weighted by Gasteiger charge is 2.13. The minimum Gasteiger partial charge on any atom is -0.508 e. The van der Waals surface area contributed by atoms with E-state index in [1.54, 1.807) is 25.1 Å². The Morgan fingerprint density at radius 1 is 1.32 bits per heavy atom. The molecule has 2 aromatic rings. The minimum absolute atomic E-state index is 0.0284. The number of furan rings is 1. The summed E-state index contributed by atoms with van der Waals surface area (Å²) in [6.07, 6.45) is 0. The van der Waals surface area contributed by atoms with Gasteiger partial charge in [0.15, 0.2) is 0 Å². The van der Waals surface area contributed by atoms with Crippen LogP contribution in [0.1, 0.15) is 27.4 Å². The van der Waals surface area contributed by atoms with Crippen LogP contribution in [0.2, 0.25) is 0 Å². The summed E-state index contributed by atoms with van der Waals surface area (Å²) >= 11 is 0. The average Bonchev–Trinajstić information content (AvgIpc) is 2.73. The Kier molecular flexibility index (Phi) is 3.87. The number of carbonyl (C=O) groups is 1. The molecule has 0 saturated carbocycles. The first-order valence-corrected chi connectivity index (χ1v) is 5.88. The zero-order chi connectivity index (χ0) is 13.8. The van der Waals surface area contributed by atoms with Gasteiger partial charge in [-0.05, 0) is 19.1 Å². The van der Waals surface area contributed by atoms with Crippen molar-refractivity contribution in [1.82, 2.24) is 5.32 Å². The Morgan fingerprint density at radius 3 is 2.68 bits per heavy atom. The van der Waals surface area contributed by atoms with Crippen LogP contribution in [0.4, 0.5) is 0 Å². The van der Waals surface area contributed by atoms with Gasteiger partial charge in [0.2, 0.25) is 5.76 Å². The van der Waals surface area contributed by atoms with Crippen LogP contribution in [0.25, 0.3) is 0 Å². The SMILES string of the molecule is Cc1cc(CNCc2ccccc2O)oc1C(=O)O. The number of aryl methyl sites for hydroxylation is 1. The van der Waals surface area contributed by atoms with Gasteiger partial charge in [0.1, 0.15) is 11.5 Å². The first-order valence-electron chi connectivity index (χ1n) is 5.88. The fraction of sp³-hybridized carbons (Fsp3) is 0.214. The van der Waals surface area contributed by atoms with Crippen molar-refractivity contribution in [1.29, 1.82) is 0 Å². The van der Waals surface area contributed by atoms with Gasteiger partial charge >= 0.3 is 5.97 Å². The molecule has 5 heteroatoms. The normalized spacial score (nSPS) is 10.6. The second kappa shape index (κ2) is 5.58. The molecule has 100 valence electrons. The molecule has 19 heavy (non-hydrogen) atoms. The maximum Gasteiger partial charge on any atom is 0.372 e. The molecule has 1 aromatic heterocycles. The number of phenolic OH excluding ortho intramolecular Hbond substituents is 1. The second-order valence-electron chi connectivity index (χ2n) is 4.26. The van der Waals surface area contributed by atoms with E-state index in [1.165, 1.54) is 0 Å². The van der Waals surface area contributed by atoms with Gasteiger partial charge in [-0.25, -0.2) is 4.79 Å². The summed E-state index contributed by atoms with van der Waals surface area (Å²) in [6.45, 7) is 2.58. The number of aromatic carboxylic acids is 1. The van der Waals surface area contributed by atoms with Gasteiger partial charge in [0.05, 0.1) is 6.54 Å². The average molecular weight is 261 g/mol. The highest BCUT2D eigenvalue weighted by atomic mass is 16.4. The van der Waals surface area contributed by atoms with Gasteiger partial charge in [-0.15, -0.1) is 0 Å². The zero-order valence-corrected chi connectivity index (χ0v) is 10.5. The summed E-state index contributed by atoms with van der Waals surface area (Å²) in [4.78, 5) is 10.8. The molecule has 0 unspecified atom stereocenters. The van der Waals surface area contributed by atoms with Gasteiger partial charge in [-0.3, -0.25) is 0 Å². The van der Waals surface area contributed by atoms with Gasteiger partial charge in [-0.2, -0.15) is 0 Å². The highest BCUT2D eigenvalue weighted by Crippen LogP contribution is 2.17. The van der Waals surface area contributed by atoms with E-state index in [1.807, 2.05) is 12.1 Å². The molecule has 0 atom stereocenters. The molecule has 0 bridgehead atoms. The number of nitrogens with one attached hydrogen (secondary N) is 1. The second-order valence-corrected chi connectivity index (χ2v) is 4.26. The lowest BCUT2D eigenvalue weighted by molar-refractivity contribution is 0.0659. The summed E-state index contributed by atoms with van der Waals surface area (Å²) in [7, 11) is 0. The van der Waals surface area contributed by atoms with Crippen LogP contribution in [0.3, 0.4) is 0 Å². The number of hydrogen-bond acceptors (Lipinski definition) is 4. The van der Waals surface area contributed by atoms with Crippen LogP contribution in [0.5, 0.6) is 5.75 Å². The first kappa shape index (κ1) is 13.2. The Morgan fingerprint density at radius 2 is 2.05 bits per heavy atom. The maximum absolute atomic E-state index is 10.8. The van der Waals surface area contributed by atoms with E-state index in [9.17, 15) is 9.90 Å². The Bertz CT molecular complexity index is 589. The van der Waals surface area contributed by atoms with E-state index in [2.05, 4.69) is 5.32 Å². The fourth-order valence-corrected chi connectivity index (χ4v) is 1.83. The quantitative estimate of drug-likeness (QED) is 0.769. The Hall–Kier alpha value is -2.27. The van der Waals surface area contributed by atoms with E-state index < -0.39 is 5.97 Å². The Balaban J connectivity index is 1.95. The van der Waals surface area contributed by atoms with Crippen molar-refractivity contribution in [3.8, 4) is 5.75 Å². The standard InChI is InChI=1S/C14H15NO4/c1-9-6-11(19-13(9)14(17)18)8-15-7-10-4-2-3-5-12(10)16/h2-6,15-16H,7-8H2,1H3,(H,17,18). The molecule has 0 saturated heterocycles. The first-order chi connectivity index (χ1) is 9.08.